The molecule has 0 fully saturated rings. The van der Waals surface area contributed by atoms with Crippen LogP contribution in [0.1, 0.15) is 0 Å². The van der Waals surface area contributed by atoms with E-state index in [1.165, 1.54) is 65.0 Å². The van der Waals surface area contributed by atoms with Crippen molar-refractivity contribution in [3.05, 3.63) is 225 Å². The van der Waals surface area contributed by atoms with Gasteiger partial charge in [0.2, 0.25) is 0 Å². The van der Waals surface area contributed by atoms with Gasteiger partial charge in [0.25, 0.3) is 0 Å². The molecule has 0 N–H and O–H groups in total. The van der Waals surface area contributed by atoms with E-state index in [2.05, 4.69) is 211 Å². The summed E-state index contributed by atoms with van der Waals surface area (Å²) < 4.78 is 0. The van der Waals surface area contributed by atoms with Gasteiger partial charge in [0.05, 0.1) is 11.4 Å². The average molecular weight is 788 g/mol. The molecule has 0 spiro atoms. The molecule has 0 bridgehead atoms. The minimum atomic E-state index is 0.672. The Morgan fingerprint density at radius 2 is 0.790 bits per heavy atom. The van der Waals surface area contributed by atoms with Crippen molar-refractivity contribution in [1.29, 1.82) is 0 Å². The Labute approximate surface area is 359 Å². The summed E-state index contributed by atoms with van der Waals surface area (Å²) in [6, 6.07) is 76.2. The average Bonchev–Trinajstić information content (AvgIpc) is 3.36. The molecule has 0 saturated heterocycles. The maximum Gasteiger partial charge on any atom is 0.160 e. The second-order valence-corrected chi connectivity index (χ2v) is 16.0. The molecule has 288 valence electrons. The molecule has 0 aliphatic rings. The molecule has 3 heteroatoms. The first kappa shape index (κ1) is 35.7. The van der Waals surface area contributed by atoms with E-state index >= 15 is 0 Å². The maximum atomic E-state index is 5.26. The lowest BCUT2D eigenvalue weighted by atomic mass is 9.87. The fourth-order valence-corrected chi connectivity index (χ4v) is 9.27. The highest BCUT2D eigenvalue weighted by atomic mass is 14.9. The highest BCUT2D eigenvalue weighted by Gasteiger charge is 2.17. The van der Waals surface area contributed by atoms with E-state index in [9.17, 15) is 0 Å². The molecule has 0 amide bonds. The summed E-state index contributed by atoms with van der Waals surface area (Å²) in [4.78, 5) is 14.9. The molecule has 12 rings (SSSR count). The molecule has 2 heterocycles. The molecule has 0 aliphatic carbocycles. The highest BCUT2D eigenvalue weighted by molar-refractivity contribution is 6.33. The van der Waals surface area contributed by atoms with Gasteiger partial charge in [0.1, 0.15) is 0 Å². The van der Waals surface area contributed by atoms with Crippen molar-refractivity contribution in [3.8, 4) is 67.3 Å². The van der Waals surface area contributed by atoms with Crippen molar-refractivity contribution in [2.45, 2.75) is 0 Å². The van der Waals surface area contributed by atoms with Crippen LogP contribution in [-0.4, -0.2) is 15.0 Å². The predicted octanol–water partition coefficient (Wildman–Crippen LogP) is 15.6. The minimum Gasteiger partial charge on any atom is -0.264 e. The number of nitrogens with zero attached hydrogens (tertiary/aromatic N) is 3. The van der Waals surface area contributed by atoms with Crippen LogP contribution in [0.5, 0.6) is 0 Å². The summed E-state index contributed by atoms with van der Waals surface area (Å²) in [7, 11) is 0. The molecule has 0 atom stereocenters. The van der Waals surface area contributed by atoms with Crippen molar-refractivity contribution < 1.29 is 0 Å². The van der Waals surface area contributed by atoms with Gasteiger partial charge < -0.3 is 0 Å². The van der Waals surface area contributed by atoms with Crippen molar-refractivity contribution in [3.63, 3.8) is 0 Å². The van der Waals surface area contributed by atoms with E-state index in [1.54, 1.807) is 6.20 Å². The lowest BCUT2D eigenvalue weighted by Crippen LogP contribution is -1.96. The first-order valence-electron chi connectivity index (χ1n) is 21.1. The van der Waals surface area contributed by atoms with Crippen LogP contribution in [0.3, 0.4) is 0 Å². The molecule has 0 unspecified atom stereocenters. The van der Waals surface area contributed by atoms with Crippen LogP contribution in [0.25, 0.3) is 121 Å². The number of aromatic nitrogens is 3. The Morgan fingerprint density at radius 1 is 0.274 bits per heavy atom. The van der Waals surface area contributed by atoms with Crippen LogP contribution in [0.15, 0.2) is 225 Å². The monoisotopic (exact) mass is 787 g/mol. The van der Waals surface area contributed by atoms with Gasteiger partial charge >= 0.3 is 0 Å². The van der Waals surface area contributed by atoms with Crippen LogP contribution in [-0.2, 0) is 0 Å². The molecule has 3 nitrogen and oxygen atoms in total. The van der Waals surface area contributed by atoms with Crippen LogP contribution in [0.2, 0.25) is 0 Å². The maximum absolute atomic E-state index is 5.26. The molecule has 10 aromatic carbocycles. The van der Waals surface area contributed by atoms with E-state index < -0.39 is 0 Å². The van der Waals surface area contributed by atoms with Gasteiger partial charge in [0.15, 0.2) is 5.82 Å². The minimum absolute atomic E-state index is 0.672. The van der Waals surface area contributed by atoms with Gasteiger partial charge in [-0.1, -0.05) is 182 Å². The summed E-state index contributed by atoms with van der Waals surface area (Å²) in [5.41, 5.74) is 11.6. The van der Waals surface area contributed by atoms with Crippen LogP contribution in [0.4, 0.5) is 0 Å². The number of benzene rings is 10. The van der Waals surface area contributed by atoms with Gasteiger partial charge in [-0.3, -0.25) is 4.98 Å². The van der Waals surface area contributed by atoms with Crippen LogP contribution in [0, 0.1) is 0 Å². The molecular weight excluding hydrogens is 751 g/mol. The summed E-state index contributed by atoms with van der Waals surface area (Å²) in [5.74, 6) is 0.672. The molecule has 12 aromatic rings. The number of hydrogen-bond donors (Lipinski definition) is 0. The number of fused-ring (bicyclic) bond motifs is 9. The van der Waals surface area contributed by atoms with Crippen molar-refractivity contribution in [1.82, 2.24) is 15.0 Å². The summed E-state index contributed by atoms with van der Waals surface area (Å²) >= 11 is 0. The lowest BCUT2D eigenvalue weighted by molar-refractivity contribution is 1.18. The van der Waals surface area contributed by atoms with E-state index in [0.29, 0.717) is 5.82 Å². The van der Waals surface area contributed by atoms with E-state index in [1.807, 2.05) is 12.3 Å². The van der Waals surface area contributed by atoms with E-state index in [4.69, 9.17) is 9.97 Å². The predicted molar refractivity (Wildman–Crippen MR) is 260 cm³/mol. The normalized spacial score (nSPS) is 11.5. The third kappa shape index (κ3) is 6.18. The van der Waals surface area contributed by atoms with Crippen molar-refractivity contribution in [2.24, 2.45) is 0 Å². The molecular formula is C59H37N3. The Kier molecular flexibility index (Phi) is 8.50. The van der Waals surface area contributed by atoms with Gasteiger partial charge in [-0.25, -0.2) is 9.97 Å². The SMILES string of the molecule is c1cncc(-c2cccc(-c3nc(-c4ccc(-c5ccc6ccccc6c5)cc4)cc(-c4ccc(-c5cc6c7ccccc7c7ccccc7c6c6ccccc56)cc4)n3)c2)c1. The summed E-state index contributed by atoms with van der Waals surface area (Å²) in [6.07, 6.45) is 3.69. The first-order valence-corrected chi connectivity index (χ1v) is 21.1. The van der Waals surface area contributed by atoms with Gasteiger partial charge in [-0.2, -0.15) is 0 Å². The Balaban J connectivity index is 0.982. The smallest absolute Gasteiger partial charge is 0.160 e. The number of pyridine rings is 1. The van der Waals surface area contributed by atoms with Gasteiger partial charge in [-0.05, 0) is 112 Å². The van der Waals surface area contributed by atoms with Crippen molar-refractivity contribution in [2.75, 3.05) is 0 Å². The van der Waals surface area contributed by atoms with E-state index in [0.717, 1.165) is 50.3 Å². The van der Waals surface area contributed by atoms with Gasteiger partial charge in [0, 0.05) is 34.6 Å². The third-order valence-electron chi connectivity index (χ3n) is 12.3. The first-order chi connectivity index (χ1) is 30.7. The van der Waals surface area contributed by atoms with Crippen LogP contribution >= 0.6 is 0 Å². The summed E-state index contributed by atoms with van der Waals surface area (Å²) in [6.45, 7) is 0. The van der Waals surface area contributed by atoms with Crippen molar-refractivity contribution >= 4 is 53.9 Å². The molecule has 0 saturated carbocycles. The topological polar surface area (TPSA) is 38.7 Å². The van der Waals surface area contributed by atoms with Crippen LogP contribution < -0.4 is 0 Å². The Morgan fingerprint density at radius 3 is 1.48 bits per heavy atom. The lowest BCUT2D eigenvalue weighted by Gasteiger charge is -2.16. The van der Waals surface area contributed by atoms with Gasteiger partial charge in [-0.15, -0.1) is 0 Å². The standard InChI is InChI=1S/C59H37N3/c1-2-12-43-33-45(31-24-38(43)11-1)39-22-27-41(28-23-39)56-36-57(62-59(61-56)46-14-9-13-44(34-46)47-15-10-32-60-37-47)42-29-25-40(26-30-42)54-35-55-50-18-4-3-16-48(50)49-17-5-7-20-52(49)58(55)53-21-8-6-19-51(53)54/h1-37H. The molecule has 0 radical (unpaired) electrons. The third-order valence-corrected chi connectivity index (χ3v) is 12.3. The molecule has 62 heavy (non-hydrogen) atoms. The zero-order valence-electron chi connectivity index (χ0n) is 33.7. The molecule has 0 aliphatic heterocycles. The fourth-order valence-electron chi connectivity index (χ4n) is 9.27. The second kappa shape index (κ2) is 14.8. The second-order valence-electron chi connectivity index (χ2n) is 16.0. The number of rotatable bonds is 6. The Bertz CT molecular complexity index is 3670. The zero-order chi connectivity index (χ0) is 41.0. The Hall–Kier alpha value is -8.27. The number of hydrogen-bond acceptors (Lipinski definition) is 3. The summed E-state index contributed by atoms with van der Waals surface area (Å²) in [5, 5.41) is 12.6. The fraction of sp³-hybridized carbons (Fsp3) is 0. The largest absolute Gasteiger partial charge is 0.264 e. The van der Waals surface area contributed by atoms with E-state index in [-0.39, 0.29) is 0 Å². The highest BCUT2D eigenvalue weighted by Crippen LogP contribution is 2.43. The molecule has 2 aromatic heterocycles. The zero-order valence-corrected chi connectivity index (χ0v) is 33.7. The quantitative estimate of drug-likeness (QED) is 0.158.